The highest BCUT2D eigenvalue weighted by Gasteiger charge is 2.40. The zero-order chi connectivity index (χ0) is 19.0. The summed E-state index contributed by atoms with van der Waals surface area (Å²) in [6.45, 7) is 3.70. The van der Waals surface area contributed by atoms with Crippen molar-refractivity contribution < 1.29 is 19.1 Å². The van der Waals surface area contributed by atoms with Gasteiger partial charge in [-0.1, -0.05) is 12.1 Å². The van der Waals surface area contributed by atoms with Crippen molar-refractivity contribution in [3.8, 4) is 0 Å². The van der Waals surface area contributed by atoms with Gasteiger partial charge in [-0.2, -0.15) is 0 Å². The Morgan fingerprint density at radius 3 is 2.78 bits per heavy atom. The Morgan fingerprint density at radius 2 is 2.11 bits per heavy atom. The number of carbonyl (C=O) groups excluding carboxylic acids is 3. The third-order valence-electron chi connectivity index (χ3n) is 5.74. The van der Waals surface area contributed by atoms with Crippen molar-refractivity contribution in [2.75, 3.05) is 26.3 Å². The first kappa shape index (κ1) is 18.1. The Hall–Kier alpha value is -2.29. The summed E-state index contributed by atoms with van der Waals surface area (Å²) in [7, 11) is 0. The molecule has 0 bridgehead atoms. The first-order chi connectivity index (χ1) is 13.0. The maximum Gasteiger partial charge on any atom is 0.255 e. The lowest BCUT2D eigenvalue weighted by Crippen LogP contribution is -2.54. The molecule has 0 aromatic heterocycles. The molecule has 2 fully saturated rings. The second-order valence-electron chi connectivity index (χ2n) is 7.64. The highest BCUT2D eigenvalue weighted by Crippen LogP contribution is 2.30. The van der Waals surface area contributed by atoms with Gasteiger partial charge in [0.25, 0.3) is 5.91 Å². The predicted octanol–water partition coefficient (Wildman–Crippen LogP) is -0.487. The first-order valence-electron chi connectivity index (χ1n) is 9.27. The number of carbonyl (C=O) groups is 3. The van der Waals surface area contributed by atoms with E-state index in [1.165, 1.54) is 0 Å². The quantitative estimate of drug-likeness (QED) is 0.581. The number of rotatable bonds is 6. The summed E-state index contributed by atoms with van der Waals surface area (Å²) in [6.07, 6.45) is 0.630. The van der Waals surface area contributed by atoms with Gasteiger partial charge in [-0.05, 0) is 23.6 Å². The van der Waals surface area contributed by atoms with E-state index in [1.807, 2.05) is 12.1 Å². The second-order valence-corrected chi connectivity index (χ2v) is 7.64. The molecule has 0 spiro atoms. The van der Waals surface area contributed by atoms with Crippen molar-refractivity contribution >= 4 is 17.7 Å². The smallest absolute Gasteiger partial charge is 0.255 e. The van der Waals surface area contributed by atoms with Gasteiger partial charge >= 0.3 is 0 Å². The van der Waals surface area contributed by atoms with Gasteiger partial charge in [-0.3, -0.25) is 19.7 Å². The fraction of sp³-hybridized carbons (Fsp3) is 0.526. The lowest BCUT2D eigenvalue weighted by atomic mass is 9.86. The molecule has 1 atom stereocenters. The number of piperidine rings is 1. The van der Waals surface area contributed by atoms with Crippen LogP contribution in [0.3, 0.4) is 0 Å². The van der Waals surface area contributed by atoms with Gasteiger partial charge in [0.1, 0.15) is 6.04 Å². The van der Waals surface area contributed by atoms with Crippen molar-refractivity contribution in [3.05, 3.63) is 34.9 Å². The summed E-state index contributed by atoms with van der Waals surface area (Å²) in [5.74, 6) is -0.812. The fourth-order valence-corrected chi connectivity index (χ4v) is 3.96. The molecule has 0 saturated carbocycles. The summed E-state index contributed by atoms with van der Waals surface area (Å²) >= 11 is 0. The summed E-state index contributed by atoms with van der Waals surface area (Å²) in [4.78, 5) is 37.9. The highest BCUT2D eigenvalue weighted by molar-refractivity contribution is 6.05. The van der Waals surface area contributed by atoms with Gasteiger partial charge in [0, 0.05) is 43.6 Å². The van der Waals surface area contributed by atoms with Gasteiger partial charge in [0.15, 0.2) is 0 Å². The van der Waals surface area contributed by atoms with Crippen LogP contribution in [0.25, 0.3) is 0 Å². The zero-order valence-corrected chi connectivity index (χ0v) is 15.1. The number of hydrogen-bond acceptors (Lipinski definition) is 6. The van der Waals surface area contributed by atoms with Crippen LogP contribution in [0, 0.1) is 5.41 Å². The Kier molecular flexibility index (Phi) is 4.71. The molecule has 3 amide bonds. The van der Waals surface area contributed by atoms with Crippen LogP contribution >= 0.6 is 0 Å². The lowest BCUT2D eigenvalue weighted by Gasteiger charge is -2.40. The molecule has 144 valence electrons. The Morgan fingerprint density at radius 1 is 1.30 bits per heavy atom. The topological polar surface area (TPSA) is 114 Å². The summed E-state index contributed by atoms with van der Waals surface area (Å²) in [5.41, 5.74) is 8.49. The molecule has 3 aliphatic rings. The number of benzene rings is 1. The summed E-state index contributed by atoms with van der Waals surface area (Å²) in [5, 5.41) is 5.77. The van der Waals surface area contributed by atoms with Crippen molar-refractivity contribution in [2.45, 2.75) is 32.0 Å². The summed E-state index contributed by atoms with van der Waals surface area (Å²) in [6, 6.07) is 5.08. The van der Waals surface area contributed by atoms with Gasteiger partial charge in [-0.15, -0.1) is 0 Å². The lowest BCUT2D eigenvalue weighted by molar-refractivity contribution is -0.136. The van der Waals surface area contributed by atoms with Crippen LogP contribution in [-0.2, 0) is 27.4 Å². The Labute approximate surface area is 157 Å². The van der Waals surface area contributed by atoms with Crippen LogP contribution in [0.15, 0.2) is 18.2 Å². The summed E-state index contributed by atoms with van der Waals surface area (Å²) < 4.78 is 5.29. The number of nitrogens with zero attached hydrogens (tertiary/aromatic N) is 1. The van der Waals surface area contributed by atoms with Crippen LogP contribution in [-0.4, -0.2) is 55.0 Å². The minimum Gasteiger partial charge on any atom is -0.380 e. The number of ether oxygens (including phenoxy) is 1. The van der Waals surface area contributed by atoms with Gasteiger partial charge < -0.3 is 20.7 Å². The molecule has 0 radical (unpaired) electrons. The molecule has 2 saturated heterocycles. The van der Waals surface area contributed by atoms with Crippen LogP contribution in [0.1, 0.15) is 34.3 Å². The van der Waals surface area contributed by atoms with E-state index in [1.54, 1.807) is 11.0 Å². The Balaban J connectivity index is 1.46. The molecule has 1 aromatic rings. The molecule has 27 heavy (non-hydrogen) atoms. The maximum absolute atomic E-state index is 12.8. The average Bonchev–Trinajstić information content (AvgIpc) is 2.95. The predicted molar refractivity (Wildman–Crippen MR) is 96.5 cm³/mol. The molecule has 8 heteroatoms. The van der Waals surface area contributed by atoms with Gasteiger partial charge in [0.05, 0.1) is 13.2 Å². The Bertz CT molecular complexity index is 784. The first-order valence-corrected chi connectivity index (χ1v) is 9.27. The largest absolute Gasteiger partial charge is 0.380 e. The number of fused-ring (bicyclic) bond motifs is 1. The van der Waals surface area contributed by atoms with Gasteiger partial charge in [0.2, 0.25) is 11.8 Å². The van der Waals surface area contributed by atoms with E-state index in [9.17, 15) is 14.4 Å². The minimum atomic E-state index is -0.587. The molecule has 8 nitrogen and oxygen atoms in total. The molecule has 4 rings (SSSR count). The minimum absolute atomic E-state index is 0.00648. The van der Waals surface area contributed by atoms with Crippen molar-refractivity contribution in [1.29, 1.82) is 0 Å². The van der Waals surface area contributed by atoms with E-state index in [4.69, 9.17) is 10.5 Å². The maximum atomic E-state index is 12.8. The van der Waals surface area contributed by atoms with Crippen molar-refractivity contribution in [3.63, 3.8) is 0 Å². The highest BCUT2D eigenvalue weighted by atomic mass is 16.5. The average molecular weight is 372 g/mol. The molecular weight excluding hydrogens is 348 g/mol. The van der Waals surface area contributed by atoms with Crippen LogP contribution < -0.4 is 16.4 Å². The van der Waals surface area contributed by atoms with Crippen LogP contribution in [0.2, 0.25) is 0 Å². The van der Waals surface area contributed by atoms with E-state index in [-0.39, 0.29) is 29.6 Å². The van der Waals surface area contributed by atoms with E-state index in [0.717, 1.165) is 17.7 Å². The zero-order valence-electron chi connectivity index (χ0n) is 15.1. The number of nitrogens with one attached hydrogen (secondary N) is 2. The standard InChI is InChI=1S/C19H24N4O4/c20-8-19(10-27-11-19)9-21-6-12-2-1-3-13-14(12)7-23(18(13)26)15-4-5-16(24)22-17(15)25/h1-3,15,21H,4-11,20H2,(H,22,24,25). The molecule has 1 unspecified atom stereocenters. The number of hydrogen-bond donors (Lipinski definition) is 3. The van der Waals surface area contributed by atoms with Gasteiger partial charge in [-0.25, -0.2) is 0 Å². The molecule has 1 aromatic carbocycles. The molecule has 3 aliphatic heterocycles. The van der Waals surface area contributed by atoms with E-state index in [2.05, 4.69) is 10.6 Å². The van der Waals surface area contributed by atoms with E-state index >= 15 is 0 Å². The third-order valence-corrected chi connectivity index (χ3v) is 5.74. The SMILES string of the molecule is NCC1(CNCc2cccc3c2CN(C2CCC(=O)NC2=O)C3=O)COC1. The normalized spacial score (nSPS) is 23.8. The van der Waals surface area contributed by atoms with Crippen molar-refractivity contribution in [2.24, 2.45) is 11.1 Å². The monoisotopic (exact) mass is 372 g/mol. The van der Waals surface area contributed by atoms with E-state index in [0.29, 0.717) is 44.8 Å². The third kappa shape index (κ3) is 3.24. The number of imide groups is 1. The number of amides is 3. The number of nitrogens with two attached hydrogens (primary N) is 1. The molecule has 0 aliphatic carbocycles. The second kappa shape index (κ2) is 7.03. The molecular formula is C19H24N4O4. The van der Waals surface area contributed by atoms with E-state index < -0.39 is 6.04 Å². The fourth-order valence-electron chi connectivity index (χ4n) is 3.96. The van der Waals surface area contributed by atoms with Crippen LogP contribution in [0.5, 0.6) is 0 Å². The molecule has 3 heterocycles. The van der Waals surface area contributed by atoms with Crippen molar-refractivity contribution in [1.82, 2.24) is 15.5 Å². The molecule has 4 N–H and O–H groups in total. The van der Waals surface area contributed by atoms with Crippen LogP contribution in [0.4, 0.5) is 0 Å².